The van der Waals surface area contributed by atoms with Gasteiger partial charge in [-0.25, -0.2) is 0 Å². The van der Waals surface area contributed by atoms with Crippen molar-refractivity contribution in [2.24, 2.45) is 0 Å². The summed E-state index contributed by atoms with van der Waals surface area (Å²) < 4.78 is 5.20. The standard InChI is InChI=1S/C24H31ClN2O3/c1-5-17(2)26-24(29)18(3)27(16-19-10-13-21(30-4)14-11-19)23(28)15-12-20-8-6-7-9-22(20)25/h6-11,13-14,17-18H,5,12,15-16H2,1-4H3,(H,26,29). The van der Waals surface area contributed by atoms with E-state index in [4.69, 9.17) is 16.3 Å². The summed E-state index contributed by atoms with van der Waals surface area (Å²) in [4.78, 5) is 27.5. The molecule has 0 fully saturated rings. The van der Waals surface area contributed by atoms with Crippen molar-refractivity contribution in [2.45, 2.75) is 58.7 Å². The largest absolute Gasteiger partial charge is 0.497 e. The van der Waals surface area contributed by atoms with Crippen LogP contribution < -0.4 is 10.1 Å². The molecule has 0 spiro atoms. The third-order valence-electron chi connectivity index (χ3n) is 5.25. The molecule has 0 radical (unpaired) electrons. The van der Waals surface area contributed by atoms with E-state index in [0.717, 1.165) is 23.3 Å². The topological polar surface area (TPSA) is 58.6 Å². The van der Waals surface area contributed by atoms with E-state index in [1.165, 1.54) is 0 Å². The molecule has 2 aromatic rings. The fraction of sp³-hybridized carbons (Fsp3) is 0.417. The van der Waals surface area contributed by atoms with Crippen molar-refractivity contribution in [1.29, 1.82) is 0 Å². The van der Waals surface area contributed by atoms with E-state index < -0.39 is 6.04 Å². The summed E-state index contributed by atoms with van der Waals surface area (Å²) in [5, 5.41) is 3.63. The number of hydrogen-bond acceptors (Lipinski definition) is 3. The van der Waals surface area contributed by atoms with Gasteiger partial charge in [-0.1, -0.05) is 48.9 Å². The Kier molecular flexibility index (Phi) is 9.18. The molecule has 2 atom stereocenters. The molecular formula is C24H31ClN2O3. The van der Waals surface area contributed by atoms with Crippen molar-refractivity contribution in [1.82, 2.24) is 10.2 Å². The zero-order valence-electron chi connectivity index (χ0n) is 18.2. The Labute approximate surface area is 184 Å². The lowest BCUT2D eigenvalue weighted by molar-refractivity contribution is -0.140. The van der Waals surface area contributed by atoms with Gasteiger partial charge in [-0.15, -0.1) is 0 Å². The number of amides is 2. The first-order valence-electron chi connectivity index (χ1n) is 10.3. The van der Waals surface area contributed by atoms with Crippen LogP contribution in [0.3, 0.4) is 0 Å². The number of carbonyl (C=O) groups is 2. The minimum Gasteiger partial charge on any atom is -0.497 e. The van der Waals surface area contributed by atoms with Gasteiger partial charge in [0, 0.05) is 24.0 Å². The Hall–Kier alpha value is -2.53. The second-order valence-corrected chi connectivity index (χ2v) is 7.86. The van der Waals surface area contributed by atoms with Crippen LogP contribution in [0.1, 0.15) is 44.7 Å². The van der Waals surface area contributed by atoms with E-state index in [-0.39, 0.29) is 24.3 Å². The Morgan fingerprint density at radius 2 is 1.77 bits per heavy atom. The van der Waals surface area contributed by atoms with Crippen LogP contribution in [0.2, 0.25) is 5.02 Å². The SMILES string of the molecule is CCC(C)NC(=O)C(C)N(Cc1ccc(OC)cc1)C(=O)CCc1ccccc1Cl. The van der Waals surface area contributed by atoms with E-state index in [1.807, 2.05) is 62.4 Å². The molecule has 2 rings (SSSR count). The first-order chi connectivity index (χ1) is 14.3. The van der Waals surface area contributed by atoms with Crippen LogP contribution in [-0.4, -0.2) is 35.9 Å². The van der Waals surface area contributed by atoms with Gasteiger partial charge in [0.05, 0.1) is 7.11 Å². The molecule has 0 aliphatic rings. The third-order valence-corrected chi connectivity index (χ3v) is 5.62. The number of aryl methyl sites for hydroxylation is 1. The van der Waals surface area contributed by atoms with Gasteiger partial charge in [0.1, 0.15) is 11.8 Å². The average molecular weight is 431 g/mol. The number of ether oxygens (including phenoxy) is 1. The van der Waals surface area contributed by atoms with Crippen LogP contribution in [0.4, 0.5) is 0 Å². The molecule has 0 saturated carbocycles. The molecular weight excluding hydrogens is 400 g/mol. The number of nitrogens with zero attached hydrogens (tertiary/aromatic N) is 1. The van der Waals surface area contributed by atoms with Gasteiger partial charge in [-0.3, -0.25) is 9.59 Å². The molecule has 162 valence electrons. The molecule has 0 bridgehead atoms. The normalized spacial score (nSPS) is 12.7. The minimum absolute atomic E-state index is 0.0565. The molecule has 2 aromatic carbocycles. The van der Waals surface area contributed by atoms with Gasteiger partial charge in [0.25, 0.3) is 0 Å². The average Bonchev–Trinajstić information content (AvgIpc) is 2.76. The van der Waals surface area contributed by atoms with Crippen molar-refractivity contribution in [2.75, 3.05) is 7.11 Å². The van der Waals surface area contributed by atoms with E-state index >= 15 is 0 Å². The van der Waals surface area contributed by atoms with Crippen LogP contribution in [0, 0.1) is 0 Å². The summed E-state index contributed by atoms with van der Waals surface area (Å²) in [6.45, 7) is 6.09. The fourth-order valence-corrected chi connectivity index (χ4v) is 3.29. The molecule has 0 aliphatic carbocycles. The molecule has 30 heavy (non-hydrogen) atoms. The lowest BCUT2D eigenvalue weighted by atomic mass is 10.1. The Balaban J connectivity index is 2.16. The Morgan fingerprint density at radius 3 is 2.37 bits per heavy atom. The number of methoxy groups -OCH3 is 1. The van der Waals surface area contributed by atoms with Gasteiger partial charge in [-0.2, -0.15) is 0 Å². The zero-order chi connectivity index (χ0) is 22.1. The molecule has 0 aromatic heterocycles. The second-order valence-electron chi connectivity index (χ2n) is 7.45. The van der Waals surface area contributed by atoms with Gasteiger partial charge < -0.3 is 15.0 Å². The molecule has 6 heteroatoms. The highest BCUT2D eigenvalue weighted by atomic mass is 35.5. The molecule has 0 aliphatic heterocycles. The highest BCUT2D eigenvalue weighted by Gasteiger charge is 2.26. The molecule has 2 unspecified atom stereocenters. The van der Waals surface area contributed by atoms with Gasteiger partial charge in [0.15, 0.2) is 0 Å². The van der Waals surface area contributed by atoms with Crippen molar-refractivity contribution in [3.05, 3.63) is 64.7 Å². The molecule has 5 nitrogen and oxygen atoms in total. The van der Waals surface area contributed by atoms with E-state index in [9.17, 15) is 9.59 Å². The third kappa shape index (κ3) is 6.77. The number of benzene rings is 2. The maximum absolute atomic E-state index is 13.1. The van der Waals surface area contributed by atoms with Crippen molar-refractivity contribution in [3.63, 3.8) is 0 Å². The second kappa shape index (κ2) is 11.6. The maximum Gasteiger partial charge on any atom is 0.242 e. The summed E-state index contributed by atoms with van der Waals surface area (Å²) in [6.07, 6.45) is 1.63. The zero-order valence-corrected chi connectivity index (χ0v) is 18.9. The maximum atomic E-state index is 13.1. The van der Waals surface area contributed by atoms with Crippen LogP contribution >= 0.6 is 11.6 Å². The van der Waals surface area contributed by atoms with E-state index in [1.54, 1.807) is 18.9 Å². The number of halogens is 1. The number of hydrogen-bond donors (Lipinski definition) is 1. The lowest BCUT2D eigenvalue weighted by Crippen LogP contribution is -2.49. The van der Waals surface area contributed by atoms with Crippen LogP contribution in [0.25, 0.3) is 0 Å². The van der Waals surface area contributed by atoms with Gasteiger partial charge in [-0.05, 0) is 56.0 Å². The van der Waals surface area contributed by atoms with E-state index in [2.05, 4.69) is 5.32 Å². The number of nitrogens with one attached hydrogen (secondary N) is 1. The quantitative estimate of drug-likeness (QED) is 0.598. The summed E-state index contributed by atoms with van der Waals surface area (Å²) in [5.74, 6) is 0.513. The molecule has 0 heterocycles. The summed E-state index contributed by atoms with van der Waals surface area (Å²) >= 11 is 6.23. The van der Waals surface area contributed by atoms with Crippen LogP contribution in [0.15, 0.2) is 48.5 Å². The summed E-state index contributed by atoms with van der Waals surface area (Å²) in [7, 11) is 1.61. The first-order valence-corrected chi connectivity index (χ1v) is 10.7. The lowest BCUT2D eigenvalue weighted by Gasteiger charge is -2.30. The minimum atomic E-state index is -0.583. The van der Waals surface area contributed by atoms with Gasteiger partial charge in [0.2, 0.25) is 11.8 Å². The number of carbonyl (C=O) groups excluding carboxylic acids is 2. The van der Waals surface area contributed by atoms with Crippen molar-refractivity contribution >= 4 is 23.4 Å². The highest BCUT2D eigenvalue weighted by molar-refractivity contribution is 6.31. The predicted octanol–water partition coefficient (Wildman–Crippen LogP) is 4.61. The Bertz CT molecular complexity index is 839. The molecule has 2 amide bonds. The summed E-state index contributed by atoms with van der Waals surface area (Å²) in [5.41, 5.74) is 1.86. The van der Waals surface area contributed by atoms with Crippen LogP contribution in [-0.2, 0) is 22.6 Å². The predicted molar refractivity (Wildman–Crippen MR) is 121 cm³/mol. The van der Waals surface area contributed by atoms with Gasteiger partial charge >= 0.3 is 0 Å². The highest BCUT2D eigenvalue weighted by Crippen LogP contribution is 2.19. The van der Waals surface area contributed by atoms with Crippen LogP contribution in [0.5, 0.6) is 5.75 Å². The number of rotatable bonds is 10. The van der Waals surface area contributed by atoms with Crippen molar-refractivity contribution in [3.8, 4) is 5.75 Å². The van der Waals surface area contributed by atoms with Crippen molar-refractivity contribution < 1.29 is 14.3 Å². The smallest absolute Gasteiger partial charge is 0.242 e. The fourth-order valence-electron chi connectivity index (χ4n) is 3.06. The molecule has 1 N–H and O–H groups in total. The molecule has 0 saturated heterocycles. The first kappa shape index (κ1) is 23.7. The Morgan fingerprint density at radius 1 is 1.10 bits per heavy atom. The monoisotopic (exact) mass is 430 g/mol. The summed E-state index contributed by atoms with van der Waals surface area (Å²) in [6, 6.07) is 14.5. The van der Waals surface area contributed by atoms with E-state index in [0.29, 0.717) is 18.0 Å².